The fourth-order valence-electron chi connectivity index (χ4n) is 4.21. The molecule has 0 heterocycles. The molecule has 2 atom stereocenters. The van der Waals surface area contributed by atoms with E-state index in [-0.39, 0.29) is 17.7 Å². The van der Waals surface area contributed by atoms with Crippen molar-refractivity contribution in [2.75, 3.05) is 5.32 Å². The van der Waals surface area contributed by atoms with E-state index in [1.807, 2.05) is 32.0 Å². The maximum Gasteiger partial charge on any atom is 0.228 e. The Morgan fingerprint density at radius 3 is 2.14 bits per heavy atom. The number of hydrogen-bond donors (Lipinski definition) is 1. The first-order chi connectivity index (χ1) is 10.5. The lowest BCUT2D eigenvalue weighted by Gasteiger charge is -2.48. The molecule has 4 rings (SSSR count). The monoisotopic (exact) mass is 300 g/mol. The largest absolute Gasteiger partial charge is 0.550 e. The van der Waals surface area contributed by atoms with Crippen molar-refractivity contribution >= 4 is 17.6 Å². The van der Waals surface area contributed by atoms with Crippen LogP contribution in [0.4, 0.5) is 5.69 Å². The Hall–Kier alpha value is -1.84. The molecule has 22 heavy (non-hydrogen) atoms. The van der Waals surface area contributed by atoms with Crippen LogP contribution >= 0.6 is 0 Å². The molecular formula is C18H22NO3-. The summed E-state index contributed by atoms with van der Waals surface area (Å²) < 4.78 is 0. The third-order valence-electron chi connectivity index (χ3n) is 5.57. The minimum atomic E-state index is -1.06. The molecule has 0 unspecified atom stereocenters. The van der Waals surface area contributed by atoms with Gasteiger partial charge in [0.15, 0.2) is 0 Å². The lowest BCUT2D eigenvalue weighted by atomic mass is 9.58. The molecule has 0 aliphatic heterocycles. The van der Waals surface area contributed by atoms with Gasteiger partial charge in [-0.05, 0) is 74.6 Å². The minimum absolute atomic E-state index is 0.102. The van der Waals surface area contributed by atoms with Gasteiger partial charge in [0.1, 0.15) is 0 Å². The van der Waals surface area contributed by atoms with Gasteiger partial charge in [-0.25, -0.2) is 0 Å². The molecule has 0 spiro atoms. The van der Waals surface area contributed by atoms with Crippen LogP contribution in [0.5, 0.6) is 0 Å². The van der Waals surface area contributed by atoms with E-state index in [1.54, 1.807) is 0 Å². The Bertz CT molecular complexity index is 602. The lowest BCUT2D eigenvalue weighted by molar-refractivity contribution is -0.318. The van der Waals surface area contributed by atoms with Crippen LogP contribution in [0.2, 0.25) is 0 Å². The first-order valence-corrected chi connectivity index (χ1v) is 8.06. The second-order valence-corrected chi connectivity index (χ2v) is 6.83. The van der Waals surface area contributed by atoms with Gasteiger partial charge in [-0.3, -0.25) is 4.79 Å². The van der Waals surface area contributed by atoms with E-state index in [9.17, 15) is 14.7 Å². The molecule has 1 N–H and O–H groups in total. The number of carboxylic acids is 1. The zero-order valence-corrected chi connectivity index (χ0v) is 13.1. The Morgan fingerprint density at radius 1 is 1.00 bits per heavy atom. The number of rotatable bonds is 3. The van der Waals surface area contributed by atoms with Crippen molar-refractivity contribution in [3.8, 4) is 0 Å². The lowest BCUT2D eigenvalue weighted by Crippen LogP contribution is -2.52. The third kappa shape index (κ3) is 2.62. The normalized spacial score (nSPS) is 30.1. The van der Waals surface area contributed by atoms with Gasteiger partial charge in [0, 0.05) is 23.5 Å². The van der Waals surface area contributed by atoms with Gasteiger partial charge in [0.05, 0.1) is 0 Å². The van der Waals surface area contributed by atoms with Crippen LogP contribution in [0.1, 0.15) is 36.8 Å². The van der Waals surface area contributed by atoms with Crippen LogP contribution in [0.25, 0.3) is 0 Å². The van der Waals surface area contributed by atoms with Gasteiger partial charge in [-0.1, -0.05) is 6.07 Å². The summed E-state index contributed by atoms with van der Waals surface area (Å²) in [5, 5.41) is 14.4. The molecule has 0 aromatic heterocycles. The van der Waals surface area contributed by atoms with E-state index in [0.29, 0.717) is 0 Å². The first-order valence-electron chi connectivity index (χ1n) is 8.06. The van der Waals surface area contributed by atoms with Crippen molar-refractivity contribution in [3.63, 3.8) is 0 Å². The molecule has 3 fully saturated rings. The number of carbonyl (C=O) groups excluding carboxylic acids is 2. The fourth-order valence-corrected chi connectivity index (χ4v) is 4.21. The van der Waals surface area contributed by atoms with Crippen molar-refractivity contribution in [2.45, 2.75) is 39.5 Å². The highest BCUT2D eigenvalue weighted by atomic mass is 16.4. The minimum Gasteiger partial charge on any atom is -0.550 e. The molecule has 1 aromatic carbocycles. The molecule has 0 radical (unpaired) electrons. The molecule has 2 bridgehead atoms. The number of benzene rings is 1. The van der Waals surface area contributed by atoms with E-state index < -0.39 is 17.8 Å². The number of carboxylic acid groups (broad SMARTS) is 1. The SMILES string of the molecule is Cc1ccc(NC(=O)[C@H]2C3CCC(CC3)[C@@H]2C(=O)[O-])cc1C. The predicted molar refractivity (Wildman–Crippen MR) is 82.0 cm³/mol. The maximum atomic E-state index is 12.7. The second-order valence-electron chi connectivity index (χ2n) is 6.83. The Labute approximate surface area is 130 Å². The quantitative estimate of drug-likeness (QED) is 0.928. The molecule has 4 nitrogen and oxygen atoms in total. The molecule has 1 amide bonds. The zero-order chi connectivity index (χ0) is 15.9. The average molecular weight is 300 g/mol. The number of aryl methyl sites for hydroxylation is 2. The van der Waals surface area contributed by atoms with E-state index in [0.717, 1.165) is 36.9 Å². The Kier molecular flexibility index (Phi) is 3.94. The smallest absolute Gasteiger partial charge is 0.228 e. The Morgan fingerprint density at radius 2 is 1.59 bits per heavy atom. The number of aliphatic carboxylic acids is 1. The van der Waals surface area contributed by atoms with Crippen LogP contribution in [-0.2, 0) is 9.59 Å². The van der Waals surface area contributed by atoms with Crippen molar-refractivity contribution in [3.05, 3.63) is 29.3 Å². The number of fused-ring (bicyclic) bond motifs is 3. The molecule has 118 valence electrons. The van der Waals surface area contributed by atoms with E-state index in [2.05, 4.69) is 5.32 Å². The second kappa shape index (κ2) is 5.75. The van der Waals surface area contributed by atoms with Crippen LogP contribution in [0, 0.1) is 37.5 Å². The van der Waals surface area contributed by atoms with Gasteiger partial charge >= 0.3 is 0 Å². The summed E-state index contributed by atoms with van der Waals surface area (Å²) in [6.45, 7) is 4.02. The molecule has 0 saturated heterocycles. The van der Waals surface area contributed by atoms with Crippen molar-refractivity contribution in [2.24, 2.45) is 23.7 Å². The number of anilines is 1. The molecular weight excluding hydrogens is 278 g/mol. The number of carbonyl (C=O) groups is 2. The number of amides is 1. The van der Waals surface area contributed by atoms with E-state index in [1.165, 1.54) is 5.56 Å². The maximum absolute atomic E-state index is 12.7. The average Bonchev–Trinajstić information content (AvgIpc) is 2.51. The van der Waals surface area contributed by atoms with Crippen LogP contribution in [0.3, 0.4) is 0 Å². The standard InChI is InChI=1S/C18H23NO3/c1-10-3-8-14(9-11(10)2)19-17(20)15-12-4-6-13(7-5-12)16(15)18(21)22/h3,8-9,12-13,15-16H,4-7H2,1-2H3,(H,19,20)(H,21,22)/p-1/t12?,13?,15-,16-/m0/s1. The molecule has 4 heteroatoms. The highest BCUT2D eigenvalue weighted by molar-refractivity contribution is 5.95. The molecule has 3 aliphatic carbocycles. The topological polar surface area (TPSA) is 69.2 Å². The summed E-state index contributed by atoms with van der Waals surface area (Å²) in [7, 11) is 0. The molecule has 3 saturated carbocycles. The Balaban J connectivity index is 1.80. The zero-order valence-electron chi connectivity index (χ0n) is 13.1. The van der Waals surface area contributed by atoms with Crippen molar-refractivity contribution in [1.29, 1.82) is 0 Å². The van der Waals surface area contributed by atoms with Crippen LogP contribution < -0.4 is 10.4 Å². The van der Waals surface area contributed by atoms with Crippen molar-refractivity contribution in [1.82, 2.24) is 0 Å². The summed E-state index contributed by atoms with van der Waals surface area (Å²) >= 11 is 0. The molecule has 1 aromatic rings. The first kappa shape index (κ1) is 15.1. The van der Waals surface area contributed by atoms with E-state index in [4.69, 9.17) is 0 Å². The van der Waals surface area contributed by atoms with Gasteiger partial charge in [0.2, 0.25) is 5.91 Å². The number of nitrogens with one attached hydrogen (secondary N) is 1. The summed E-state index contributed by atoms with van der Waals surface area (Å²) in [6, 6.07) is 5.77. The van der Waals surface area contributed by atoms with Gasteiger partial charge in [0.25, 0.3) is 0 Å². The summed E-state index contributed by atoms with van der Waals surface area (Å²) in [5.41, 5.74) is 3.02. The van der Waals surface area contributed by atoms with E-state index >= 15 is 0 Å². The summed E-state index contributed by atoms with van der Waals surface area (Å²) in [6.07, 6.45) is 3.74. The van der Waals surface area contributed by atoms with Crippen LogP contribution in [0.15, 0.2) is 18.2 Å². The summed E-state index contributed by atoms with van der Waals surface area (Å²) in [5.74, 6) is -2.01. The summed E-state index contributed by atoms with van der Waals surface area (Å²) in [4.78, 5) is 24.2. The van der Waals surface area contributed by atoms with Gasteiger partial charge < -0.3 is 15.2 Å². The van der Waals surface area contributed by atoms with Crippen molar-refractivity contribution < 1.29 is 14.7 Å². The highest BCUT2D eigenvalue weighted by Crippen LogP contribution is 2.49. The third-order valence-corrected chi connectivity index (χ3v) is 5.57. The predicted octanol–water partition coefficient (Wildman–Crippen LogP) is 2.04. The highest BCUT2D eigenvalue weighted by Gasteiger charge is 2.47. The fraction of sp³-hybridized carbons (Fsp3) is 0.556. The molecule has 3 aliphatic rings. The van der Waals surface area contributed by atoms with Crippen LogP contribution in [-0.4, -0.2) is 11.9 Å². The van der Waals surface area contributed by atoms with Gasteiger partial charge in [-0.2, -0.15) is 0 Å². The number of hydrogen-bond acceptors (Lipinski definition) is 3. The van der Waals surface area contributed by atoms with Gasteiger partial charge in [-0.15, -0.1) is 0 Å².